The monoisotopic (exact) mass is 511 g/mol. The van der Waals surface area contributed by atoms with Crippen LogP contribution in [0.4, 0.5) is 34.1 Å². The van der Waals surface area contributed by atoms with E-state index in [1.165, 1.54) is 36.4 Å². The maximum atomic E-state index is 11.7. The summed E-state index contributed by atoms with van der Waals surface area (Å²) >= 11 is 0. The van der Waals surface area contributed by atoms with Crippen LogP contribution in [0.3, 0.4) is 0 Å². The Hall–Kier alpha value is -3.83. The van der Waals surface area contributed by atoms with Crippen LogP contribution >= 0.6 is 0 Å². The van der Waals surface area contributed by atoms with E-state index in [1.54, 1.807) is 0 Å². The molecule has 17 heteroatoms. The van der Waals surface area contributed by atoms with Crippen molar-refractivity contribution in [3.05, 3.63) is 91.9 Å². The summed E-state index contributed by atoms with van der Waals surface area (Å²) in [5.41, 5.74) is -1.34. The molecule has 0 fully saturated rings. The molecule has 0 atom stereocenters. The van der Waals surface area contributed by atoms with Gasteiger partial charge in [0.05, 0.1) is 32.2 Å². The maximum absolute atomic E-state index is 11.7. The first-order chi connectivity index (χ1) is 16.0. The van der Waals surface area contributed by atoms with E-state index >= 15 is 0 Å². The molecule has 35 heavy (non-hydrogen) atoms. The Morgan fingerprint density at radius 2 is 1.20 bits per heavy atom. The minimum absolute atomic E-state index is 0. The number of nitro benzene ring substituents is 2. The molecule has 0 bridgehead atoms. The second-order valence-electron chi connectivity index (χ2n) is 6.42. The zero-order valence-electron chi connectivity index (χ0n) is 17.7. The van der Waals surface area contributed by atoms with Gasteiger partial charge in [-0.1, -0.05) is 0 Å². The van der Waals surface area contributed by atoms with E-state index in [2.05, 4.69) is 10.2 Å². The van der Waals surface area contributed by atoms with E-state index in [0.717, 1.165) is 30.3 Å². The van der Waals surface area contributed by atoms with Gasteiger partial charge in [-0.25, -0.2) is 13.6 Å². The number of hydrogen-bond acceptors (Lipinski definition) is 10. The van der Waals surface area contributed by atoms with Crippen molar-refractivity contribution < 1.29 is 62.6 Å². The van der Waals surface area contributed by atoms with Gasteiger partial charge < -0.3 is 4.55 Å². The van der Waals surface area contributed by atoms with Crippen molar-refractivity contribution in [2.24, 2.45) is 10.2 Å². The molecule has 3 aromatic carbocycles. The zero-order chi connectivity index (χ0) is 25.0. The largest absolute Gasteiger partial charge is 1.00 e. The molecule has 0 aliphatic carbocycles. The first kappa shape index (κ1) is 27.4. The fourth-order valence-electron chi connectivity index (χ4n) is 2.75. The first-order valence-corrected chi connectivity index (χ1v) is 10.3. The van der Waals surface area contributed by atoms with Gasteiger partial charge >= 0.3 is 46.0 Å². The van der Waals surface area contributed by atoms with Crippen LogP contribution in [0, 0.1) is 25.1 Å². The van der Waals surface area contributed by atoms with Crippen molar-refractivity contribution in [1.82, 2.24) is 0 Å². The smallest absolute Gasteiger partial charge is 0.744 e. The van der Waals surface area contributed by atoms with Crippen molar-refractivity contribution in [1.29, 1.82) is 0 Å². The van der Waals surface area contributed by atoms with Crippen molar-refractivity contribution in [2.45, 2.75) is 4.90 Å². The van der Waals surface area contributed by atoms with E-state index in [9.17, 15) is 43.3 Å². The number of benzene rings is 3. The Morgan fingerprint density at radius 3 is 1.63 bits per heavy atom. The van der Waals surface area contributed by atoms with Crippen LogP contribution < -0.4 is 34.6 Å². The molecule has 0 aliphatic heterocycles. The van der Waals surface area contributed by atoms with Crippen molar-refractivity contribution in [3.63, 3.8) is 0 Å². The average Bonchev–Trinajstić information content (AvgIpc) is 2.78. The van der Waals surface area contributed by atoms with Crippen LogP contribution in [0.25, 0.3) is 0 Å². The number of nitro groups is 2. The predicted octanol–water partition coefficient (Wildman–Crippen LogP) is 1.05. The Labute approximate surface area is 218 Å². The standard InChI is InChI=1S/C18H12N6O9S.Na/c25-22(26)17-10-7-15(11-18(17)23(27)28)21(24(29)30)14-5-1-12(2-6-14)19-20-13-3-8-16(9-4-13)34(31,32)33;/h1-11H,(H-,29,30,31,32,33);/q;+1. The molecule has 0 saturated heterocycles. The topological polar surface area (TPSA) is 212 Å². The minimum Gasteiger partial charge on any atom is -0.744 e. The van der Waals surface area contributed by atoms with Gasteiger partial charge in [-0.15, -0.1) is 0 Å². The SMILES string of the molecule is O=[N+]([O-])c1ccc(N(c2ccc(N=Nc3ccc(S(=O)(=O)[O-])cc3)cc2)[N+](=O)O)cc1[N+](=O)[O-].[Na+]. The molecule has 15 nitrogen and oxygen atoms in total. The molecular formula is C18H12N6NaO9S+. The van der Waals surface area contributed by atoms with Crippen LogP contribution in [0.1, 0.15) is 0 Å². The summed E-state index contributed by atoms with van der Waals surface area (Å²) in [6.07, 6.45) is 0. The summed E-state index contributed by atoms with van der Waals surface area (Å²) in [4.78, 5) is 31.5. The van der Waals surface area contributed by atoms with E-state index in [4.69, 9.17) is 0 Å². The molecule has 0 aliphatic rings. The van der Waals surface area contributed by atoms with Gasteiger partial charge in [-0.05, 0) is 59.6 Å². The summed E-state index contributed by atoms with van der Waals surface area (Å²) in [7, 11) is -4.59. The number of hydrazine groups is 1. The third kappa shape index (κ3) is 6.61. The van der Waals surface area contributed by atoms with Crippen LogP contribution in [-0.2, 0) is 10.1 Å². The quantitative estimate of drug-likeness (QED) is 0.149. The molecule has 0 radical (unpaired) electrons. The van der Waals surface area contributed by atoms with Gasteiger partial charge in [0.15, 0.2) is 0 Å². The number of rotatable bonds is 8. The minimum atomic E-state index is -4.59. The fraction of sp³-hybridized carbons (Fsp3) is 0. The third-order valence-electron chi connectivity index (χ3n) is 4.27. The average molecular weight is 511 g/mol. The first-order valence-electron chi connectivity index (χ1n) is 8.94. The number of azo groups is 1. The number of hydrogen-bond donors (Lipinski definition) is 1. The normalized spacial score (nSPS) is 11.0. The molecule has 0 unspecified atom stereocenters. The van der Waals surface area contributed by atoms with Gasteiger partial charge in [0.25, 0.3) is 0 Å². The summed E-state index contributed by atoms with van der Waals surface area (Å²) in [5, 5.41) is 39.5. The Kier molecular flexibility index (Phi) is 8.67. The second kappa shape index (κ2) is 11.1. The van der Waals surface area contributed by atoms with Gasteiger partial charge in [-0.2, -0.15) is 10.2 Å². The molecular weight excluding hydrogens is 499 g/mol. The van der Waals surface area contributed by atoms with Gasteiger partial charge in [0.2, 0.25) is 0 Å². The number of anilines is 2. The van der Waals surface area contributed by atoms with E-state index < -0.39 is 41.3 Å². The second-order valence-corrected chi connectivity index (χ2v) is 7.80. The van der Waals surface area contributed by atoms with Crippen molar-refractivity contribution in [3.8, 4) is 0 Å². The summed E-state index contributed by atoms with van der Waals surface area (Å²) in [6.45, 7) is 0. The fourth-order valence-corrected chi connectivity index (χ4v) is 3.22. The Bertz CT molecular complexity index is 1410. The van der Waals surface area contributed by atoms with Gasteiger partial charge in [0.1, 0.15) is 26.4 Å². The van der Waals surface area contributed by atoms with E-state index in [1.807, 2.05) is 0 Å². The molecule has 1 N–H and O–H groups in total. The van der Waals surface area contributed by atoms with Crippen LogP contribution in [0.2, 0.25) is 0 Å². The molecule has 0 spiro atoms. The third-order valence-corrected chi connectivity index (χ3v) is 5.12. The molecule has 3 rings (SSSR count). The molecule has 0 heterocycles. The van der Waals surface area contributed by atoms with Gasteiger partial charge in [-0.3, -0.25) is 20.2 Å². The predicted molar refractivity (Wildman–Crippen MR) is 112 cm³/mol. The zero-order valence-corrected chi connectivity index (χ0v) is 20.5. The Balaban J connectivity index is 0.00000432. The molecule has 0 saturated carbocycles. The maximum Gasteiger partial charge on any atom is 1.00 e. The summed E-state index contributed by atoms with van der Waals surface area (Å²) in [5.74, 6) is 0. The number of nitrogens with zero attached hydrogens (tertiary/aromatic N) is 6. The van der Waals surface area contributed by atoms with E-state index in [-0.39, 0.29) is 52.3 Å². The summed E-state index contributed by atoms with van der Waals surface area (Å²) < 4.78 is 32.8. The van der Waals surface area contributed by atoms with E-state index in [0.29, 0.717) is 5.01 Å². The van der Waals surface area contributed by atoms with Crippen molar-refractivity contribution >= 4 is 44.2 Å². The summed E-state index contributed by atoms with van der Waals surface area (Å²) in [6, 6.07) is 12.7. The van der Waals surface area contributed by atoms with Crippen LogP contribution in [0.15, 0.2) is 81.9 Å². The van der Waals surface area contributed by atoms with Gasteiger partial charge in [0, 0.05) is 6.07 Å². The molecule has 0 amide bonds. The molecule has 3 aromatic rings. The molecule has 174 valence electrons. The Morgan fingerprint density at radius 1 is 0.743 bits per heavy atom. The van der Waals surface area contributed by atoms with Crippen molar-refractivity contribution in [2.75, 3.05) is 5.01 Å². The van der Waals surface area contributed by atoms with Crippen LogP contribution in [-0.4, -0.2) is 33.1 Å². The van der Waals surface area contributed by atoms with Crippen LogP contribution in [0.5, 0.6) is 0 Å². The molecule has 0 aromatic heterocycles.